The number of halogens is 4. The molecule has 0 aliphatic rings. The fourth-order valence-electron chi connectivity index (χ4n) is 0.904. The molecule has 3 nitrogen and oxygen atoms in total. The number of primary amides is 1. The van der Waals surface area contributed by atoms with Gasteiger partial charge in [0.15, 0.2) is 0 Å². The molecule has 7 heteroatoms. The van der Waals surface area contributed by atoms with Crippen LogP contribution < -0.4 is 10.5 Å². The molecule has 0 saturated carbocycles. The third-order valence-electron chi connectivity index (χ3n) is 1.50. The SMILES string of the molecule is NC(=O)c1cc(Br)c(OC(F)F)cc1Br. The second kappa shape index (κ2) is 4.89. The van der Waals surface area contributed by atoms with Crippen LogP contribution in [0.25, 0.3) is 0 Å². The Morgan fingerprint density at radius 1 is 1.33 bits per heavy atom. The maximum Gasteiger partial charge on any atom is 0.387 e. The van der Waals surface area contributed by atoms with E-state index in [1.807, 2.05) is 0 Å². The van der Waals surface area contributed by atoms with Gasteiger partial charge in [0.05, 0.1) is 10.0 Å². The highest BCUT2D eigenvalue weighted by Gasteiger charge is 2.14. The van der Waals surface area contributed by atoms with Gasteiger partial charge in [0.25, 0.3) is 0 Å². The van der Waals surface area contributed by atoms with Gasteiger partial charge in [-0.25, -0.2) is 0 Å². The first kappa shape index (κ1) is 12.4. The van der Waals surface area contributed by atoms with Crippen LogP contribution in [0, 0.1) is 0 Å². The topological polar surface area (TPSA) is 52.3 Å². The number of alkyl halides is 2. The van der Waals surface area contributed by atoms with E-state index in [0.29, 0.717) is 4.47 Å². The van der Waals surface area contributed by atoms with E-state index in [4.69, 9.17) is 5.73 Å². The first-order valence-electron chi connectivity index (χ1n) is 3.65. The number of benzene rings is 1. The minimum absolute atomic E-state index is 0.0677. The van der Waals surface area contributed by atoms with Gasteiger partial charge in [0.2, 0.25) is 5.91 Å². The maximum absolute atomic E-state index is 11.9. The fourth-order valence-corrected chi connectivity index (χ4v) is 1.86. The highest BCUT2D eigenvalue weighted by Crippen LogP contribution is 2.32. The molecular formula is C8H5Br2F2NO2. The van der Waals surface area contributed by atoms with E-state index in [0.717, 1.165) is 0 Å². The lowest BCUT2D eigenvalue weighted by Crippen LogP contribution is -2.12. The van der Waals surface area contributed by atoms with E-state index < -0.39 is 12.5 Å². The van der Waals surface area contributed by atoms with Crippen LogP contribution in [0.2, 0.25) is 0 Å². The molecule has 15 heavy (non-hydrogen) atoms. The van der Waals surface area contributed by atoms with Crippen LogP contribution in [0.4, 0.5) is 8.78 Å². The van der Waals surface area contributed by atoms with E-state index in [1.54, 1.807) is 0 Å². The molecule has 1 rings (SSSR count). The number of nitrogens with two attached hydrogens (primary N) is 1. The second-order valence-corrected chi connectivity index (χ2v) is 4.21. The lowest BCUT2D eigenvalue weighted by atomic mass is 10.2. The van der Waals surface area contributed by atoms with Crippen molar-refractivity contribution >= 4 is 37.8 Å². The van der Waals surface area contributed by atoms with E-state index in [1.165, 1.54) is 12.1 Å². The lowest BCUT2D eigenvalue weighted by molar-refractivity contribution is -0.0503. The van der Waals surface area contributed by atoms with Crippen LogP contribution in [0.15, 0.2) is 21.1 Å². The van der Waals surface area contributed by atoms with Crippen LogP contribution in [0.1, 0.15) is 10.4 Å². The summed E-state index contributed by atoms with van der Waals surface area (Å²) in [5.74, 6) is -0.729. The molecule has 0 bridgehead atoms. The smallest absolute Gasteiger partial charge is 0.387 e. The zero-order valence-electron chi connectivity index (χ0n) is 7.14. The Bertz CT molecular complexity index is 398. The number of carbonyl (C=O) groups is 1. The summed E-state index contributed by atoms with van der Waals surface area (Å²) in [5, 5.41) is 0. The number of rotatable bonds is 3. The molecule has 0 unspecified atom stereocenters. The van der Waals surface area contributed by atoms with Gasteiger partial charge >= 0.3 is 6.61 Å². The molecule has 0 fully saturated rings. The molecule has 0 radical (unpaired) electrons. The Labute approximate surface area is 101 Å². The number of hydrogen-bond donors (Lipinski definition) is 1. The zero-order chi connectivity index (χ0) is 11.6. The van der Waals surface area contributed by atoms with E-state index >= 15 is 0 Å². The van der Waals surface area contributed by atoms with Crippen molar-refractivity contribution in [3.63, 3.8) is 0 Å². The average Bonchev–Trinajstić information content (AvgIpc) is 2.09. The minimum atomic E-state index is -2.92. The summed E-state index contributed by atoms with van der Waals surface area (Å²) in [6.45, 7) is -2.92. The van der Waals surface area contributed by atoms with Crippen molar-refractivity contribution in [1.29, 1.82) is 0 Å². The summed E-state index contributed by atoms with van der Waals surface area (Å²) in [7, 11) is 0. The highest BCUT2D eigenvalue weighted by molar-refractivity contribution is 9.11. The summed E-state index contributed by atoms with van der Waals surface area (Å²) in [5.41, 5.74) is 5.24. The van der Waals surface area contributed by atoms with Crippen LogP contribution in [-0.2, 0) is 0 Å². The van der Waals surface area contributed by atoms with Crippen molar-refractivity contribution < 1.29 is 18.3 Å². The van der Waals surface area contributed by atoms with Crippen molar-refractivity contribution in [2.24, 2.45) is 5.73 Å². The largest absolute Gasteiger partial charge is 0.434 e. The van der Waals surface area contributed by atoms with Crippen molar-refractivity contribution in [3.8, 4) is 5.75 Å². The van der Waals surface area contributed by atoms with Crippen molar-refractivity contribution in [3.05, 3.63) is 26.6 Å². The molecule has 0 spiro atoms. The van der Waals surface area contributed by atoms with E-state index in [2.05, 4.69) is 36.6 Å². The molecule has 82 valence electrons. The van der Waals surface area contributed by atoms with Gasteiger partial charge in [-0.15, -0.1) is 0 Å². The molecule has 2 N–H and O–H groups in total. The molecule has 0 atom stereocenters. The third-order valence-corrected chi connectivity index (χ3v) is 2.78. The molecule has 0 aliphatic heterocycles. The molecule has 1 amide bonds. The molecule has 0 heterocycles. The predicted octanol–water partition coefficient (Wildman–Crippen LogP) is 2.91. The number of hydrogen-bond acceptors (Lipinski definition) is 2. The van der Waals surface area contributed by atoms with Crippen molar-refractivity contribution in [2.75, 3.05) is 0 Å². The summed E-state index contributed by atoms with van der Waals surface area (Å²) in [6, 6.07) is 2.56. The lowest BCUT2D eigenvalue weighted by Gasteiger charge is -2.09. The van der Waals surface area contributed by atoms with Gasteiger partial charge in [-0.05, 0) is 44.0 Å². The van der Waals surface area contributed by atoms with E-state index in [-0.39, 0.29) is 15.8 Å². The predicted molar refractivity (Wildman–Crippen MR) is 57.0 cm³/mol. The third kappa shape index (κ3) is 3.13. The Balaban J connectivity index is 3.13. The minimum Gasteiger partial charge on any atom is -0.434 e. The van der Waals surface area contributed by atoms with E-state index in [9.17, 15) is 13.6 Å². The first-order chi connectivity index (χ1) is 6.91. The van der Waals surface area contributed by atoms with Gasteiger partial charge in [0, 0.05) is 4.47 Å². The summed E-state index contributed by atoms with van der Waals surface area (Å²) < 4.78 is 28.6. The summed E-state index contributed by atoms with van der Waals surface area (Å²) >= 11 is 6.02. The molecular weight excluding hydrogens is 340 g/mol. The molecule has 1 aromatic carbocycles. The number of carbonyl (C=O) groups excluding carboxylic acids is 1. The van der Waals surface area contributed by atoms with Gasteiger partial charge in [0.1, 0.15) is 5.75 Å². The molecule has 0 aliphatic carbocycles. The second-order valence-electron chi connectivity index (χ2n) is 2.51. The zero-order valence-corrected chi connectivity index (χ0v) is 10.3. The Morgan fingerprint density at radius 2 is 1.93 bits per heavy atom. The van der Waals surface area contributed by atoms with Crippen LogP contribution in [-0.4, -0.2) is 12.5 Å². The normalized spacial score (nSPS) is 10.5. The molecule has 0 aromatic heterocycles. The average molecular weight is 345 g/mol. The first-order valence-corrected chi connectivity index (χ1v) is 5.24. The summed E-state index contributed by atoms with van der Waals surface area (Å²) in [4.78, 5) is 10.9. The Kier molecular flexibility index (Phi) is 4.04. The van der Waals surface area contributed by atoms with Crippen LogP contribution in [0.3, 0.4) is 0 Å². The molecule has 1 aromatic rings. The quantitative estimate of drug-likeness (QED) is 0.916. The van der Waals surface area contributed by atoms with Crippen LogP contribution in [0.5, 0.6) is 5.75 Å². The van der Waals surface area contributed by atoms with Gasteiger partial charge < -0.3 is 10.5 Å². The maximum atomic E-state index is 11.9. The summed E-state index contributed by atoms with van der Waals surface area (Å²) in [6.07, 6.45) is 0. The van der Waals surface area contributed by atoms with Crippen molar-refractivity contribution in [2.45, 2.75) is 6.61 Å². The number of amides is 1. The van der Waals surface area contributed by atoms with Gasteiger partial charge in [-0.2, -0.15) is 8.78 Å². The number of ether oxygens (including phenoxy) is 1. The van der Waals surface area contributed by atoms with Gasteiger partial charge in [-0.1, -0.05) is 0 Å². The Morgan fingerprint density at radius 3 is 2.40 bits per heavy atom. The standard InChI is InChI=1S/C8H5Br2F2NO2/c9-4-2-6(15-8(11)12)5(10)1-3(4)7(13)14/h1-2,8H,(H2,13,14). The molecule has 0 saturated heterocycles. The van der Waals surface area contributed by atoms with Gasteiger partial charge in [-0.3, -0.25) is 4.79 Å². The highest BCUT2D eigenvalue weighted by atomic mass is 79.9. The fraction of sp³-hybridized carbons (Fsp3) is 0.125. The monoisotopic (exact) mass is 343 g/mol. The Hall–Kier alpha value is -0.690. The van der Waals surface area contributed by atoms with Crippen molar-refractivity contribution in [1.82, 2.24) is 0 Å². The van der Waals surface area contributed by atoms with Crippen LogP contribution >= 0.6 is 31.9 Å².